The lowest BCUT2D eigenvalue weighted by Crippen LogP contribution is -2.05. The van der Waals surface area contributed by atoms with Crippen molar-refractivity contribution in [3.63, 3.8) is 0 Å². The van der Waals surface area contributed by atoms with Gasteiger partial charge in [-0.1, -0.05) is 18.2 Å². The molecule has 0 saturated carbocycles. The van der Waals surface area contributed by atoms with Crippen LogP contribution in [0.15, 0.2) is 61.1 Å². The molecule has 2 aromatic carbocycles. The Balaban J connectivity index is 1.42. The zero-order valence-corrected chi connectivity index (χ0v) is 16.3. The number of carbonyl (C=O) groups excluding carboxylic acids is 1. The molecule has 150 valence electrons. The summed E-state index contributed by atoms with van der Waals surface area (Å²) in [5.41, 5.74) is 4.37. The van der Waals surface area contributed by atoms with E-state index in [1.165, 1.54) is 6.92 Å². The summed E-state index contributed by atoms with van der Waals surface area (Å²) < 4.78 is 12.8. The Morgan fingerprint density at radius 1 is 1.13 bits per heavy atom. The lowest BCUT2D eigenvalue weighted by atomic mass is 10.1. The Labute approximate surface area is 172 Å². The SMILES string of the molecule is CC(=O)Nc1cccc(-c2cnc3c(NCc4ccc5c(c4)OCO5)nccn23)c1. The second-order valence-corrected chi connectivity index (χ2v) is 6.92. The highest BCUT2D eigenvalue weighted by atomic mass is 16.7. The van der Waals surface area contributed by atoms with E-state index in [0.717, 1.165) is 39.7 Å². The van der Waals surface area contributed by atoms with Crippen molar-refractivity contribution in [2.24, 2.45) is 0 Å². The van der Waals surface area contributed by atoms with E-state index in [2.05, 4.69) is 20.6 Å². The molecule has 0 saturated heterocycles. The number of fused-ring (bicyclic) bond motifs is 2. The van der Waals surface area contributed by atoms with Crippen LogP contribution in [0.2, 0.25) is 0 Å². The quantitative estimate of drug-likeness (QED) is 0.530. The maximum atomic E-state index is 11.4. The number of hydrogen-bond acceptors (Lipinski definition) is 6. The Morgan fingerprint density at radius 2 is 2.03 bits per heavy atom. The molecular weight excluding hydrogens is 382 g/mol. The molecule has 0 radical (unpaired) electrons. The summed E-state index contributed by atoms with van der Waals surface area (Å²) in [6.45, 7) is 2.32. The molecule has 0 bridgehead atoms. The van der Waals surface area contributed by atoms with Gasteiger partial charge in [0.1, 0.15) is 0 Å². The minimum Gasteiger partial charge on any atom is -0.454 e. The van der Waals surface area contributed by atoms with Crippen LogP contribution in [-0.4, -0.2) is 27.1 Å². The van der Waals surface area contributed by atoms with Gasteiger partial charge in [-0.2, -0.15) is 0 Å². The van der Waals surface area contributed by atoms with Crippen molar-refractivity contribution in [1.29, 1.82) is 0 Å². The molecule has 0 unspecified atom stereocenters. The molecule has 3 heterocycles. The predicted octanol–water partition coefficient (Wildman–Crippen LogP) is 3.70. The number of imidazole rings is 1. The van der Waals surface area contributed by atoms with E-state index in [-0.39, 0.29) is 12.7 Å². The molecule has 30 heavy (non-hydrogen) atoms. The summed E-state index contributed by atoms with van der Waals surface area (Å²) in [7, 11) is 0. The number of ether oxygens (including phenoxy) is 2. The third-order valence-electron chi connectivity index (χ3n) is 4.80. The van der Waals surface area contributed by atoms with Crippen LogP contribution in [0.1, 0.15) is 12.5 Å². The Bertz CT molecular complexity index is 1250. The summed E-state index contributed by atoms with van der Waals surface area (Å²) in [4.78, 5) is 20.4. The lowest BCUT2D eigenvalue weighted by Gasteiger charge is -2.09. The minimum absolute atomic E-state index is 0.107. The van der Waals surface area contributed by atoms with Crippen LogP contribution in [0.3, 0.4) is 0 Å². The molecular formula is C22H19N5O3. The zero-order chi connectivity index (χ0) is 20.5. The van der Waals surface area contributed by atoms with Crippen LogP contribution in [0.25, 0.3) is 16.9 Å². The third kappa shape index (κ3) is 3.39. The summed E-state index contributed by atoms with van der Waals surface area (Å²) >= 11 is 0. The normalized spacial score (nSPS) is 12.2. The van der Waals surface area contributed by atoms with Crippen molar-refractivity contribution in [1.82, 2.24) is 14.4 Å². The summed E-state index contributed by atoms with van der Waals surface area (Å²) in [5.74, 6) is 2.09. The predicted molar refractivity (Wildman–Crippen MR) is 113 cm³/mol. The van der Waals surface area contributed by atoms with E-state index in [0.29, 0.717) is 12.4 Å². The maximum absolute atomic E-state index is 11.4. The highest BCUT2D eigenvalue weighted by Crippen LogP contribution is 2.33. The van der Waals surface area contributed by atoms with Gasteiger partial charge in [0, 0.05) is 37.1 Å². The van der Waals surface area contributed by atoms with Crippen LogP contribution in [0.4, 0.5) is 11.5 Å². The van der Waals surface area contributed by atoms with Crippen LogP contribution < -0.4 is 20.1 Å². The average Bonchev–Trinajstić information content (AvgIpc) is 3.38. The van der Waals surface area contributed by atoms with Crippen molar-refractivity contribution in [3.05, 3.63) is 66.6 Å². The van der Waals surface area contributed by atoms with Crippen molar-refractivity contribution < 1.29 is 14.3 Å². The van der Waals surface area contributed by atoms with E-state index in [4.69, 9.17) is 9.47 Å². The van der Waals surface area contributed by atoms with Gasteiger partial charge in [-0.05, 0) is 29.8 Å². The maximum Gasteiger partial charge on any atom is 0.231 e. The van der Waals surface area contributed by atoms with E-state index >= 15 is 0 Å². The third-order valence-corrected chi connectivity index (χ3v) is 4.80. The van der Waals surface area contributed by atoms with Crippen LogP contribution >= 0.6 is 0 Å². The van der Waals surface area contributed by atoms with E-state index < -0.39 is 0 Å². The number of carbonyl (C=O) groups is 1. The number of rotatable bonds is 5. The number of nitrogens with zero attached hydrogens (tertiary/aromatic N) is 3. The lowest BCUT2D eigenvalue weighted by molar-refractivity contribution is -0.114. The average molecular weight is 401 g/mol. The molecule has 8 heteroatoms. The first-order chi connectivity index (χ1) is 14.7. The first-order valence-electron chi connectivity index (χ1n) is 9.50. The van der Waals surface area contributed by atoms with Gasteiger partial charge in [0.15, 0.2) is 23.0 Å². The van der Waals surface area contributed by atoms with Gasteiger partial charge >= 0.3 is 0 Å². The minimum atomic E-state index is -0.107. The fraction of sp³-hybridized carbons (Fsp3) is 0.136. The molecule has 1 aliphatic heterocycles. The molecule has 4 aromatic rings. The smallest absolute Gasteiger partial charge is 0.231 e. The monoisotopic (exact) mass is 401 g/mol. The second kappa shape index (κ2) is 7.40. The van der Waals surface area contributed by atoms with Crippen molar-refractivity contribution in [3.8, 4) is 22.8 Å². The number of nitrogens with one attached hydrogen (secondary N) is 2. The highest BCUT2D eigenvalue weighted by Gasteiger charge is 2.14. The van der Waals surface area contributed by atoms with E-state index in [9.17, 15) is 4.79 Å². The number of hydrogen-bond donors (Lipinski definition) is 2. The Hall–Kier alpha value is -4.07. The van der Waals surface area contributed by atoms with Gasteiger partial charge in [0.2, 0.25) is 12.7 Å². The van der Waals surface area contributed by atoms with Crippen LogP contribution in [-0.2, 0) is 11.3 Å². The molecule has 0 atom stereocenters. The molecule has 2 N–H and O–H groups in total. The fourth-order valence-corrected chi connectivity index (χ4v) is 3.45. The zero-order valence-electron chi connectivity index (χ0n) is 16.3. The second-order valence-electron chi connectivity index (χ2n) is 6.92. The molecule has 0 fully saturated rings. The van der Waals surface area contributed by atoms with Crippen molar-refractivity contribution in [2.75, 3.05) is 17.4 Å². The number of anilines is 2. The fourth-order valence-electron chi connectivity index (χ4n) is 3.45. The molecule has 8 nitrogen and oxygen atoms in total. The molecule has 5 rings (SSSR count). The topological polar surface area (TPSA) is 89.8 Å². The van der Waals surface area contributed by atoms with Gasteiger partial charge in [-0.3, -0.25) is 9.20 Å². The van der Waals surface area contributed by atoms with E-state index in [1.807, 2.05) is 53.1 Å². The molecule has 0 spiro atoms. The standard InChI is InChI=1S/C22H19N5O3/c1-14(28)26-17-4-2-3-16(10-17)18-12-25-22-21(23-7-8-27(18)22)24-11-15-5-6-19-20(9-15)30-13-29-19/h2-10,12H,11,13H2,1H3,(H,23,24)(H,26,28). The molecule has 0 aliphatic carbocycles. The number of aromatic nitrogens is 3. The van der Waals surface area contributed by atoms with Crippen molar-refractivity contribution in [2.45, 2.75) is 13.5 Å². The van der Waals surface area contributed by atoms with Crippen LogP contribution in [0, 0.1) is 0 Å². The first-order valence-corrected chi connectivity index (χ1v) is 9.50. The summed E-state index contributed by atoms with van der Waals surface area (Å²) in [6.07, 6.45) is 5.40. The molecule has 2 aromatic heterocycles. The first kappa shape index (κ1) is 18.0. The summed E-state index contributed by atoms with van der Waals surface area (Å²) in [6, 6.07) is 13.5. The van der Waals surface area contributed by atoms with Crippen LogP contribution in [0.5, 0.6) is 11.5 Å². The van der Waals surface area contributed by atoms with Gasteiger partial charge in [0.25, 0.3) is 0 Å². The van der Waals surface area contributed by atoms with Crippen molar-refractivity contribution >= 4 is 23.1 Å². The van der Waals surface area contributed by atoms with E-state index in [1.54, 1.807) is 12.4 Å². The summed E-state index contributed by atoms with van der Waals surface area (Å²) in [5, 5.41) is 6.16. The van der Waals surface area contributed by atoms with Gasteiger partial charge in [-0.25, -0.2) is 9.97 Å². The largest absolute Gasteiger partial charge is 0.454 e. The Kier molecular flexibility index (Phi) is 4.44. The number of amides is 1. The highest BCUT2D eigenvalue weighted by molar-refractivity contribution is 5.89. The molecule has 1 aliphatic rings. The van der Waals surface area contributed by atoms with Gasteiger partial charge < -0.3 is 20.1 Å². The molecule has 1 amide bonds. The van der Waals surface area contributed by atoms with Gasteiger partial charge in [-0.15, -0.1) is 0 Å². The Morgan fingerprint density at radius 3 is 2.93 bits per heavy atom. The van der Waals surface area contributed by atoms with Gasteiger partial charge in [0.05, 0.1) is 11.9 Å². The number of benzene rings is 2.